The van der Waals surface area contributed by atoms with E-state index in [1.807, 2.05) is 85.9 Å². The lowest BCUT2D eigenvalue weighted by Gasteiger charge is -2.33. The number of fused-ring (bicyclic) bond motifs is 1. The maximum Gasteiger partial charge on any atom is 0.269 e. The van der Waals surface area contributed by atoms with Crippen molar-refractivity contribution in [1.82, 2.24) is 24.6 Å². The van der Waals surface area contributed by atoms with E-state index in [1.54, 1.807) is 18.6 Å². The van der Waals surface area contributed by atoms with Crippen molar-refractivity contribution in [2.24, 2.45) is 0 Å². The van der Waals surface area contributed by atoms with Crippen LogP contribution in [0.1, 0.15) is 60.4 Å². The van der Waals surface area contributed by atoms with Crippen LogP contribution in [0.25, 0.3) is 22.4 Å². The van der Waals surface area contributed by atoms with Gasteiger partial charge in [-0.3, -0.25) is 14.8 Å². The Labute approximate surface area is 244 Å². The van der Waals surface area contributed by atoms with Gasteiger partial charge in [-0.2, -0.15) is 0 Å². The van der Waals surface area contributed by atoms with Crippen molar-refractivity contribution in [3.8, 4) is 22.4 Å². The highest BCUT2D eigenvalue weighted by Gasteiger charge is 2.44. The van der Waals surface area contributed by atoms with Crippen molar-refractivity contribution in [1.29, 1.82) is 0 Å². The second-order valence-corrected chi connectivity index (χ2v) is 13.3. The number of nitrogens with one attached hydrogen (secondary N) is 1. The number of benzene rings is 1. The van der Waals surface area contributed by atoms with E-state index >= 15 is 0 Å². The molecule has 4 aromatic rings. The van der Waals surface area contributed by atoms with E-state index in [-0.39, 0.29) is 18.6 Å². The first-order valence-corrected chi connectivity index (χ1v) is 14.9. The molecule has 3 aromatic heterocycles. The third-order valence-corrected chi connectivity index (χ3v) is 8.96. The van der Waals surface area contributed by atoms with Crippen molar-refractivity contribution < 1.29 is 14.5 Å². The molecule has 212 valence electrons. The molecule has 5 rings (SSSR count). The van der Waals surface area contributed by atoms with Gasteiger partial charge in [0.15, 0.2) is 0 Å². The van der Waals surface area contributed by atoms with E-state index in [9.17, 15) is 14.5 Å². The van der Waals surface area contributed by atoms with Crippen LogP contribution in [-0.4, -0.2) is 52.7 Å². The molecule has 0 saturated heterocycles. The van der Waals surface area contributed by atoms with Gasteiger partial charge in [0.05, 0.1) is 18.3 Å². The Balaban J connectivity index is 1.55. The molecule has 1 aliphatic rings. The van der Waals surface area contributed by atoms with Crippen molar-refractivity contribution in [2.45, 2.75) is 50.9 Å². The van der Waals surface area contributed by atoms with Crippen LogP contribution in [0.2, 0.25) is 0 Å². The van der Waals surface area contributed by atoms with Crippen LogP contribution in [0.5, 0.6) is 0 Å². The van der Waals surface area contributed by atoms with Crippen LogP contribution in [0, 0.1) is 0 Å². The first-order valence-electron chi connectivity index (χ1n) is 13.8. The van der Waals surface area contributed by atoms with Crippen molar-refractivity contribution >= 4 is 17.3 Å². The van der Waals surface area contributed by atoms with Gasteiger partial charge >= 0.3 is 0 Å². The molecule has 2 N–H and O–H groups in total. The van der Waals surface area contributed by atoms with E-state index in [2.05, 4.69) is 15.3 Å². The Hall–Kier alpha value is -3.63. The number of aliphatic hydroxyl groups is 1. The molecule has 1 amide bonds. The van der Waals surface area contributed by atoms with Gasteiger partial charge in [0.2, 0.25) is 0 Å². The van der Waals surface area contributed by atoms with Gasteiger partial charge in [-0.25, -0.2) is 4.98 Å². The number of carbonyl (C=O) groups excluding carboxylic acids is 1. The molecule has 1 aromatic carbocycles. The molecule has 8 nitrogen and oxygen atoms in total. The Morgan fingerprint density at radius 3 is 2.51 bits per heavy atom. The summed E-state index contributed by atoms with van der Waals surface area (Å²) in [6.45, 7) is 6.63. The fourth-order valence-electron chi connectivity index (χ4n) is 5.15. The molecular weight excluding hydrogens is 534 g/mol. The zero-order valence-corrected chi connectivity index (χ0v) is 24.4. The van der Waals surface area contributed by atoms with Gasteiger partial charge < -0.3 is 15.0 Å². The minimum atomic E-state index is -1.33. The van der Waals surface area contributed by atoms with Crippen molar-refractivity contribution in [2.75, 3.05) is 13.2 Å². The maximum absolute atomic E-state index is 13.6. The molecule has 0 spiro atoms. The number of carbonyl (C=O) groups is 1. The zero-order chi connectivity index (χ0) is 29.0. The van der Waals surface area contributed by atoms with Crippen LogP contribution in [0.4, 0.5) is 0 Å². The number of pyridine rings is 3. The summed E-state index contributed by atoms with van der Waals surface area (Å²) in [7, 11) is 0. The Kier molecular flexibility index (Phi) is 8.79. The standard InChI is InChI=1S/C32H35N5O3S/c1-32(2,3)41(40)37-21-26-19-27(31(39)35-16-11-22-9-14-33-15-10-22)36-30(29(26)28(37)12-17-38)24-7-4-6-23(18-24)25-8-5-13-34-20-25/h4-10,13-15,18-20,28,38H,11-12,16-17,21H2,1-3H3,(H,35,39)/t28-,41?/m1/s1. The topological polar surface area (TPSA) is 114 Å². The number of hydrogen-bond acceptors (Lipinski definition) is 7. The highest BCUT2D eigenvalue weighted by Crippen LogP contribution is 2.45. The van der Waals surface area contributed by atoms with E-state index in [4.69, 9.17) is 4.98 Å². The number of rotatable bonds is 9. The Morgan fingerprint density at radius 1 is 1.05 bits per heavy atom. The summed E-state index contributed by atoms with van der Waals surface area (Å²) in [6, 6.07) is 17.3. The summed E-state index contributed by atoms with van der Waals surface area (Å²) < 4.78 is 15.1. The molecule has 0 radical (unpaired) electrons. The molecule has 0 aliphatic carbocycles. The highest BCUT2D eigenvalue weighted by molar-refractivity contribution is 7.90. The summed E-state index contributed by atoms with van der Waals surface area (Å²) in [5.41, 5.74) is 6.67. The van der Waals surface area contributed by atoms with E-state index in [1.165, 1.54) is 0 Å². The smallest absolute Gasteiger partial charge is 0.269 e. The summed E-state index contributed by atoms with van der Waals surface area (Å²) in [6.07, 6.45) is 8.11. The predicted molar refractivity (Wildman–Crippen MR) is 161 cm³/mol. The molecule has 41 heavy (non-hydrogen) atoms. The van der Waals surface area contributed by atoms with Gasteiger partial charge in [-0.05, 0) is 80.6 Å². The van der Waals surface area contributed by atoms with Gasteiger partial charge in [-0.1, -0.05) is 24.3 Å². The Morgan fingerprint density at radius 2 is 1.80 bits per heavy atom. The van der Waals surface area contributed by atoms with Crippen molar-refractivity contribution in [3.05, 3.63) is 102 Å². The van der Waals surface area contributed by atoms with Crippen LogP contribution < -0.4 is 5.32 Å². The van der Waals surface area contributed by atoms with Crippen LogP contribution in [0.15, 0.2) is 79.4 Å². The second-order valence-electron chi connectivity index (χ2n) is 11.1. The van der Waals surface area contributed by atoms with Gasteiger partial charge in [0.1, 0.15) is 10.4 Å². The average Bonchev–Trinajstić information content (AvgIpc) is 3.35. The SMILES string of the molecule is CC(C)(C)[S+]([O-])N1Cc2cc(C(=O)NCCc3ccncc3)nc(-c3cccc(-c4cccnc4)c3)c2[C@H]1CCO. The lowest BCUT2D eigenvalue weighted by atomic mass is 9.94. The monoisotopic (exact) mass is 569 g/mol. The summed E-state index contributed by atoms with van der Waals surface area (Å²) >= 11 is -1.33. The fourth-order valence-corrected chi connectivity index (χ4v) is 6.55. The molecule has 0 bridgehead atoms. The van der Waals surface area contributed by atoms with Crippen LogP contribution in [-0.2, 0) is 24.3 Å². The van der Waals surface area contributed by atoms with E-state index < -0.39 is 16.1 Å². The molecule has 4 heterocycles. The quantitative estimate of drug-likeness (QED) is 0.276. The minimum Gasteiger partial charge on any atom is -0.597 e. The molecule has 2 atom stereocenters. The second kappa shape index (κ2) is 12.5. The van der Waals surface area contributed by atoms with E-state index in [0.29, 0.717) is 37.3 Å². The fraction of sp³-hybridized carbons (Fsp3) is 0.312. The van der Waals surface area contributed by atoms with E-state index in [0.717, 1.165) is 33.4 Å². The molecule has 1 aliphatic heterocycles. The lowest BCUT2D eigenvalue weighted by Crippen LogP contribution is -2.42. The van der Waals surface area contributed by atoms with Crippen molar-refractivity contribution in [3.63, 3.8) is 0 Å². The number of nitrogens with zero attached hydrogens (tertiary/aromatic N) is 4. The predicted octanol–water partition coefficient (Wildman–Crippen LogP) is 4.88. The Bertz CT molecular complexity index is 1490. The van der Waals surface area contributed by atoms with Crippen LogP contribution in [0.3, 0.4) is 0 Å². The number of amides is 1. The maximum atomic E-state index is 13.6. The zero-order valence-electron chi connectivity index (χ0n) is 23.6. The lowest BCUT2D eigenvalue weighted by molar-refractivity contribution is 0.0949. The third-order valence-electron chi connectivity index (χ3n) is 7.10. The largest absolute Gasteiger partial charge is 0.597 e. The number of aliphatic hydroxyl groups excluding tert-OH is 1. The number of hydrogen-bond donors (Lipinski definition) is 2. The average molecular weight is 570 g/mol. The molecule has 9 heteroatoms. The summed E-state index contributed by atoms with van der Waals surface area (Å²) in [5, 5.41) is 13.0. The summed E-state index contributed by atoms with van der Waals surface area (Å²) in [5.74, 6) is -0.263. The molecule has 0 fully saturated rings. The van der Waals surface area contributed by atoms with Gasteiger partial charge in [0.25, 0.3) is 5.91 Å². The molecule has 1 unspecified atom stereocenters. The number of aromatic nitrogens is 3. The highest BCUT2D eigenvalue weighted by atomic mass is 32.2. The first kappa shape index (κ1) is 28.9. The molecular formula is C32H35N5O3S. The first-order chi connectivity index (χ1) is 19.8. The van der Waals surface area contributed by atoms with Gasteiger partial charge in [-0.15, -0.1) is 4.31 Å². The van der Waals surface area contributed by atoms with Gasteiger partial charge in [0, 0.05) is 66.0 Å². The summed E-state index contributed by atoms with van der Waals surface area (Å²) in [4.78, 5) is 26.6. The van der Waals surface area contributed by atoms with Crippen LogP contribution >= 0.6 is 0 Å². The molecule has 0 saturated carbocycles. The normalized spacial score (nSPS) is 15.9. The third kappa shape index (κ3) is 6.49. The minimum absolute atomic E-state index is 0.0612.